The maximum absolute atomic E-state index is 13.9. The number of nitrogens with zero attached hydrogens (tertiary/aromatic N) is 3. The van der Waals surface area contributed by atoms with E-state index < -0.39 is 0 Å². The minimum atomic E-state index is -0.0855. The van der Waals surface area contributed by atoms with E-state index >= 15 is 0 Å². The van der Waals surface area contributed by atoms with Crippen molar-refractivity contribution >= 4 is 47.0 Å². The average molecular weight is 503 g/mol. The number of hydrogen-bond acceptors (Lipinski definition) is 7. The molecular formula is C26H38N4O2S2. The number of anilines is 1. The van der Waals surface area contributed by atoms with Crippen LogP contribution in [0.25, 0.3) is 0 Å². The fraction of sp³-hybridized carbons (Fsp3) is 0.615. The van der Waals surface area contributed by atoms with Crippen LogP contribution in [0.5, 0.6) is 0 Å². The molecule has 1 amide bonds. The van der Waals surface area contributed by atoms with Gasteiger partial charge in [0, 0.05) is 37.5 Å². The predicted molar refractivity (Wildman–Crippen MR) is 145 cm³/mol. The van der Waals surface area contributed by atoms with E-state index in [1.54, 1.807) is 11.9 Å². The van der Waals surface area contributed by atoms with E-state index in [-0.39, 0.29) is 29.0 Å². The van der Waals surface area contributed by atoms with Gasteiger partial charge in [-0.2, -0.15) is 0 Å². The Morgan fingerprint density at radius 3 is 2.68 bits per heavy atom. The minimum absolute atomic E-state index is 0.0125. The second-order valence-corrected chi connectivity index (χ2v) is 12.5. The van der Waals surface area contributed by atoms with Crippen molar-refractivity contribution in [2.24, 2.45) is 16.3 Å². The van der Waals surface area contributed by atoms with Crippen LogP contribution in [0.15, 0.2) is 39.4 Å². The third kappa shape index (κ3) is 5.38. The summed E-state index contributed by atoms with van der Waals surface area (Å²) in [6, 6.07) is 6.21. The number of carbonyl (C=O) groups excluding carboxylic acids is 1. The molecule has 0 saturated heterocycles. The molecule has 2 heterocycles. The summed E-state index contributed by atoms with van der Waals surface area (Å²) in [5, 5.41) is 11.4. The second-order valence-electron chi connectivity index (χ2n) is 10.7. The summed E-state index contributed by atoms with van der Waals surface area (Å²) in [5.41, 5.74) is 2.42. The molecule has 1 aliphatic carbocycles. The third-order valence-corrected chi connectivity index (χ3v) is 8.72. The van der Waals surface area contributed by atoms with Crippen molar-refractivity contribution < 1.29 is 9.90 Å². The lowest BCUT2D eigenvalue weighted by Crippen LogP contribution is -2.53. The van der Waals surface area contributed by atoms with Gasteiger partial charge in [-0.25, -0.2) is 4.99 Å². The Morgan fingerprint density at radius 2 is 1.97 bits per heavy atom. The second kappa shape index (κ2) is 10.4. The zero-order chi connectivity index (χ0) is 24.5. The molecule has 3 aliphatic rings. The van der Waals surface area contributed by atoms with Crippen molar-refractivity contribution in [3.8, 4) is 0 Å². The minimum Gasteiger partial charge on any atom is -0.511 e. The Morgan fingerprint density at radius 1 is 1.24 bits per heavy atom. The van der Waals surface area contributed by atoms with Crippen molar-refractivity contribution in [3.05, 3.63) is 29.5 Å². The first-order valence-corrected chi connectivity index (χ1v) is 14.4. The summed E-state index contributed by atoms with van der Waals surface area (Å²) >= 11 is 3.11. The summed E-state index contributed by atoms with van der Waals surface area (Å²) in [5.74, 6) is 0.615. The topological polar surface area (TPSA) is 68.2 Å². The molecule has 34 heavy (non-hydrogen) atoms. The monoisotopic (exact) mass is 502 g/mol. The highest BCUT2D eigenvalue weighted by molar-refractivity contribution is 8.00. The van der Waals surface area contributed by atoms with Crippen LogP contribution >= 0.6 is 23.9 Å². The van der Waals surface area contributed by atoms with Crippen LogP contribution < -0.4 is 9.03 Å². The lowest BCUT2D eigenvalue weighted by Gasteiger charge is -2.43. The van der Waals surface area contributed by atoms with E-state index in [9.17, 15) is 9.90 Å². The van der Waals surface area contributed by atoms with Crippen molar-refractivity contribution in [2.75, 3.05) is 24.2 Å². The highest BCUT2D eigenvalue weighted by Gasteiger charge is 2.43. The largest absolute Gasteiger partial charge is 0.511 e. The molecule has 1 aromatic carbocycles. The van der Waals surface area contributed by atoms with Crippen molar-refractivity contribution in [3.63, 3.8) is 0 Å². The maximum Gasteiger partial charge on any atom is 0.261 e. The number of carbonyl (C=O) groups is 1. The van der Waals surface area contributed by atoms with Crippen LogP contribution in [0.3, 0.4) is 0 Å². The third-order valence-electron chi connectivity index (χ3n) is 7.12. The van der Waals surface area contributed by atoms with Crippen molar-refractivity contribution in [1.82, 2.24) is 9.62 Å². The van der Waals surface area contributed by atoms with Crippen LogP contribution in [0, 0.1) is 11.3 Å². The molecule has 0 bridgehead atoms. The molecule has 0 spiro atoms. The molecule has 2 atom stereocenters. The molecule has 4 rings (SSSR count). The van der Waals surface area contributed by atoms with Gasteiger partial charge in [-0.15, -0.1) is 0 Å². The molecule has 2 N–H and O–H groups in total. The van der Waals surface area contributed by atoms with Gasteiger partial charge in [0.05, 0.1) is 10.6 Å². The first-order chi connectivity index (χ1) is 16.2. The number of nitrogens with one attached hydrogen (secondary N) is 1. The zero-order valence-electron chi connectivity index (χ0n) is 21.1. The first kappa shape index (κ1) is 25.3. The van der Waals surface area contributed by atoms with Crippen molar-refractivity contribution in [2.45, 2.75) is 76.7 Å². The van der Waals surface area contributed by atoms with E-state index in [2.05, 4.69) is 40.8 Å². The van der Waals surface area contributed by atoms with Gasteiger partial charge in [0.2, 0.25) is 0 Å². The summed E-state index contributed by atoms with van der Waals surface area (Å²) < 4.78 is 5.38. The number of aliphatic hydroxyl groups excluding tert-OH is 1. The standard InChI is InChI=1S/C26H38N4O2S2/c1-26(2,3)14-15-30-20-11-9-7-6-8-10-18(20)23(31)22(25(30)32)24-27-19-13-12-17(29(4)33-5)16-21(19)34-28-24/h12-13,16,18,20,31H,6-11,14-15H2,1-5H3,(H,27,28). The van der Waals surface area contributed by atoms with E-state index in [0.29, 0.717) is 18.0 Å². The van der Waals surface area contributed by atoms with E-state index in [1.165, 1.54) is 24.8 Å². The quantitative estimate of drug-likeness (QED) is 0.450. The summed E-state index contributed by atoms with van der Waals surface area (Å²) in [4.78, 5) is 21.7. The smallest absolute Gasteiger partial charge is 0.261 e. The van der Waals surface area contributed by atoms with Crippen LogP contribution in [-0.4, -0.2) is 47.6 Å². The molecule has 2 unspecified atom stereocenters. The van der Waals surface area contributed by atoms with Crippen LogP contribution in [0.2, 0.25) is 0 Å². The number of hydrogen-bond donors (Lipinski definition) is 2. The van der Waals surface area contributed by atoms with Crippen LogP contribution in [0.1, 0.15) is 65.7 Å². The van der Waals surface area contributed by atoms with Gasteiger partial charge in [0.15, 0.2) is 5.84 Å². The summed E-state index contributed by atoms with van der Waals surface area (Å²) in [6.45, 7) is 7.36. The Kier molecular flexibility index (Phi) is 7.77. The highest BCUT2D eigenvalue weighted by Crippen LogP contribution is 2.41. The van der Waals surface area contributed by atoms with Gasteiger partial charge in [-0.05, 0) is 54.8 Å². The van der Waals surface area contributed by atoms with E-state index in [1.807, 2.05) is 25.4 Å². The average Bonchev–Trinajstić information content (AvgIpc) is 2.78. The number of amidine groups is 1. The fourth-order valence-corrected chi connectivity index (χ4v) is 6.10. The molecule has 0 radical (unpaired) electrons. The SMILES string of the molecule is CSN(C)c1ccc2c(c1)SNC(C1=C(O)C3CCCCCCC3N(CCC(C)(C)C)C1=O)=N2. The molecular weight excluding hydrogens is 464 g/mol. The van der Waals surface area contributed by atoms with Gasteiger partial charge in [0.1, 0.15) is 11.3 Å². The fourth-order valence-electron chi connectivity index (χ4n) is 5.02. The normalized spacial score (nSPS) is 23.4. The lowest BCUT2D eigenvalue weighted by molar-refractivity contribution is -0.132. The number of aliphatic imine (C=N–C) groups is 1. The lowest BCUT2D eigenvalue weighted by atomic mass is 9.79. The summed E-state index contributed by atoms with van der Waals surface area (Å²) in [7, 11) is 2.03. The molecule has 2 aliphatic heterocycles. The van der Waals surface area contributed by atoms with E-state index in [4.69, 9.17) is 4.99 Å². The van der Waals surface area contributed by atoms with Gasteiger partial charge in [-0.3, -0.25) is 4.79 Å². The van der Waals surface area contributed by atoms with Crippen LogP contribution in [-0.2, 0) is 4.79 Å². The Labute approximate surface area is 212 Å². The molecule has 186 valence electrons. The predicted octanol–water partition coefficient (Wildman–Crippen LogP) is 6.47. The summed E-state index contributed by atoms with van der Waals surface area (Å²) in [6.07, 6.45) is 9.44. The number of benzene rings is 1. The highest BCUT2D eigenvalue weighted by atomic mass is 32.2. The number of fused-ring (bicyclic) bond motifs is 2. The molecule has 6 nitrogen and oxygen atoms in total. The molecule has 8 heteroatoms. The van der Waals surface area contributed by atoms with E-state index in [0.717, 1.165) is 48.4 Å². The molecule has 1 saturated carbocycles. The maximum atomic E-state index is 13.9. The Balaban J connectivity index is 1.70. The van der Waals surface area contributed by atoms with Gasteiger partial charge < -0.3 is 19.0 Å². The number of aliphatic hydroxyl groups is 1. The van der Waals surface area contributed by atoms with Gasteiger partial charge in [-0.1, -0.05) is 58.4 Å². The van der Waals surface area contributed by atoms with Gasteiger partial charge in [0.25, 0.3) is 5.91 Å². The molecule has 0 aromatic heterocycles. The molecule has 1 aromatic rings. The van der Waals surface area contributed by atoms with Crippen LogP contribution in [0.4, 0.5) is 11.4 Å². The number of amides is 1. The molecule has 1 fully saturated rings. The van der Waals surface area contributed by atoms with Crippen molar-refractivity contribution in [1.29, 1.82) is 0 Å². The Bertz CT molecular complexity index is 986. The first-order valence-electron chi connectivity index (χ1n) is 12.4. The Hall–Kier alpha value is -1.80. The zero-order valence-corrected chi connectivity index (χ0v) is 22.7. The van der Waals surface area contributed by atoms with Gasteiger partial charge >= 0.3 is 0 Å². The number of rotatable bonds is 5.